The summed E-state index contributed by atoms with van der Waals surface area (Å²) in [5.41, 5.74) is 3.79. The minimum atomic E-state index is -0.293. The van der Waals surface area contributed by atoms with Crippen LogP contribution in [-0.2, 0) is 17.8 Å². The molecule has 0 aliphatic rings. The summed E-state index contributed by atoms with van der Waals surface area (Å²) in [6.07, 6.45) is 0.780. The van der Waals surface area contributed by atoms with Crippen LogP contribution in [0.25, 0.3) is 0 Å². The minimum Gasteiger partial charge on any atom is -0.493 e. The van der Waals surface area contributed by atoms with Gasteiger partial charge in [-0.15, -0.1) is 0 Å². The highest BCUT2D eigenvalue weighted by atomic mass is 35.5. The van der Waals surface area contributed by atoms with E-state index in [1.54, 1.807) is 18.2 Å². The predicted molar refractivity (Wildman–Crippen MR) is 125 cm³/mol. The molecule has 0 aromatic heterocycles. The molecule has 7 heteroatoms. The third kappa shape index (κ3) is 6.97. The van der Waals surface area contributed by atoms with Gasteiger partial charge in [0.05, 0.1) is 12.1 Å². The Bertz CT molecular complexity index is 1040. The van der Waals surface area contributed by atoms with E-state index >= 15 is 0 Å². The number of anilines is 1. The fraction of sp³-hybridized carbons (Fsp3) is 0.240. The van der Waals surface area contributed by atoms with Gasteiger partial charge in [0.15, 0.2) is 18.1 Å². The molecule has 0 spiro atoms. The molecule has 3 aromatic rings. The van der Waals surface area contributed by atoms with Crippen molar-refractivity contribution >= 4 is 23.2 Å². The Labute approximate surface area is 192 Å². The second kappa shape index (κ2) is 11.5. The van der Waals surface area contributed by atoms with Crippen LogP contribution in [0.1, 0.15) is 16.7 Å². The van der Waals surface area contributed by atoms with E-state index in [-0.39, 0.29) is 18.3 Å². The van der Waals surface area contributed by atoms with Crippen LogP contribution in [0.3, 0.4) is 0 Å². The lowest BCUT2D eigenvalue weighted by molar-refractivity contribution is -0.118. The molecule has 0 aliphatic heterocycles. The van der Waals surface area contributed by atoms with Crippen molar-refractivity contribution in [3.05, 3.63) is 88.2 Å². The monoisotopic (exact) mass is 456 g/mol. The van der Waals surface area contributed by atoms with Crippen molar-refractivity contribution in [1.29, 1.82) is 0 Å². The summed E-state index contributed by atoms with van der Waals surface area (Å²) in [6.45, 7) is 3.08. The lowest BCUT2D eigenvalue weighted by atomic mass is 10.1. The van der Waals surface area contributed by atoms with E-state index in [4.69, 9.17) is 21.1 Å². The van der Waals surface area contributed by atoms with Crippen molar-refractivity contribution in [1.82, 2.24) is 5.32 Å². The van der Waals surface area contributed by atoms with Crippen LogP contribution in [0.4, 0.5) is 10.1 Å². The van der Waals surface area contributed by atoms with Gasteiger partial charge in [-0.05, 0) is 67.4 Å². The topological polar surface area (TPSA) is 59.6 Å². The van der Waals surface area contributed by atoms with E-state index in [1.807, 2.05) is 37.3 Å². The second-order valence-electron chi connectivity index (χ2n) is 7.37. The van der Waals surface area contributed by atoms with Gasteiger partial charge in [-0.2, -0.15) is 0 Å². The number of aryl methyl sites for hydroxylation is 1. The van der Waals surface area contributed by atoms with Gasteiger partial charge < -0.3 is 20.1 Å². The van der Waals surface area contributed by atoms with Crippen LogP contribution >= 0.6 is 11.6 Å². The molecule has 0 aliphatic carbocycles. The molecule has 0 heterocycles. The Hall–Kier alpha value is -3.09. The van der Waals surface area contributed by atoms with Gasteiger partial charge in [0.2, 0.25) is 0 Å². The van der Waals surface area contributed by atoms with Gasteiger partial charge in [-0.25, -0.2) is 4.39 Å². The number of hydrogen-bond donors (Lipinski definition) is 2. The summed E-state index contributed by atoms with van der Waals surface area (Å²) >= 11 is 6.40. The molecule has 3 rings (SSSR count). The predicted octanol–water partition coefficient (Wildman–Crippen LogP) is 5.15. The van der Waals surface area contributed by atoms with Crippen molar-refractivity contribution in [2.24, 2.45) is 0 Å². The Kier molecular flexibility index (Phi) is 8.48. The van der Waals surface area contributed by atoms with Crippen LogP contribution in [-0.4, -0.2) is 26.2 Å². The van der Waals surface area contributed by atoms with Crippen molar-refractivity contribution in [2.75, 3.05) is 25.6 Å². The van der Waals surface area contributed by atoms with Crippen molar-refractivity contribution < 1.29 is 18.7 Å². The van der Waals surface area contributed by atoms with E-state index < -0.39 is 0 Å². The maximum absolute atomic E-state index is 13.0. The maximum Gasteiger partial charge on any atom is 0.262 e. The molecule has 0 unspecified atom stereocenters. The van der Waals surface area contributed by atoms with Crippen LogP contribution in [0.5, 0.6) is 11.5 Å². The minimum absolute atomic E-state index is 0.195. The molecule has 0 atom stereocenters. The number of hydrogen-bond acceptors (Lipinski definition) is 4. The fourth-order valence-electron chi connectivity index (χ4n) is 3.10. The highest BCUT2D eigenvalue weighted by Crippen LogP contribution is 2.36. The molecule has 5 nitrogen and oxygen atoms in total. The number of amides is 1. The first-order valence-electron chi connectivity index (χ1n) is 10.3. The van der Waals surface area contributed by atoms with E-state index in [1.165, 1.54) is 19.2 Å². The average molecular weight is 457 g/mol. The largest absolute Gasteiger partial charge is 0.493 e. The van der Waals surface area contributed by atoms with E-state index in [0.29, 0.717) is 28.8 Å². The molecule has 0 radical (unpaired) electrons. The Balaban J connectivity index is 1.52. The van der Waals surface area contributed by atoms with Gasteiger partial charge in [0.1, 0.15) is 5.82 Å². The van der Waals surface area contributed by atoms with E-state index in [9.17, 15) is 9.18 Å². The number of carbonyl (C=O) groups excluding carboxylic acids is 1. The Morgan fingerprint density at radius 1 is 1.03 bits per heavy atom. The number of methoxy groups -OCH3 is 1. The molecule has 0 saturated carbocycles. The Morgan fingerprint density at radius 3 is 2.44 bits per heavy atom. The Morgan fingerprint density at radius 2 is 1.75 bits per heavy atom. The molecule has 0 saturated heterocycles. The van der Waals surface area contributed by atoms with Crippen molar-refractivity contribution in [3.63, 3.8) is 0 Å². The fourth-order valence-corrected chi connectivity index (χ4v) is 3.39. The molecular formula is C25H26ClFN2O3. The molecule has 168 valence electrons. The quantitative estimate of drug-likeness (QED) is 0.414. The summed E-state index contributed by atoms with van der Waals surface area (Å²) in [6, 6.07) is 17.6. The summed E-state index contributed by atoms with van der Waals surface area (Å²) < 4.78 is 24.0. The van der Waals surface area contributed by atoms with E-state index in [0.717, 1.165) is 29.7 Å². The summed E-state index contributed by atoms with van der Waals surface area (Å²) in [5, 5.41) is 6.48. The molecule has 32 heavy (non-hydrogen) atoms. The van der Waals surface area contributed by atoms with Crippen LogP contribution in [0.15, 0.2) is 60.7 Å². The number of ether oxygens (including phenoxy) is 2. The third-order valence-corrected chi connectivity index (χ3v) is 5.09. The maximum atomic E-state index is 13.0. The van der Waals surface area contributed by atoms with Crippen LogP contribution in [0.2, 0.25) is 5.02 Å². The second-order valence-corrected chi connectivity index (χ2v) is 7.77. The molecule has 0 bridgehead atoms. The zero-order chi connectivity index (χ0) is 22.9. The van der Waals surface area contributed by atoms with Crippen LogP contribution < -0.4 is 20.1 Å². The molecule has 2 N–H and O–H groups in total. The highest BCUT2D eigenvalue weighted by Gasteiger charge is 2.14. The van der Waals surface area contributed by atoms with Gasteiger partial charge in [-0.3, -0.25) is 4.79 Å². The lowest BCUT2D eigenvalue weighted by Crippen LogP contribution is -2.20. The zero-order valence-electron chi connectivity index (χ0n) is 18.1. The first-order chi connectivity index (χ1) is 15.4. The zero-order valence-corrected chi connectivity index (χ0v) is 18.8. The van der Waals surface area contributed by atoms with E-state index in [2.05, 4.69) is 10.6 Å². The third-order valence-electron chi connectivity index (χ3n) is 4.80. The molecule has 0 fully saturated rings. The summed E-state index contributed by atoms with van der Waals surface area (Å²) in [7, 11) is 1.52. The summed E-state index contributed by atoms with van der Waals surface area (Å²) in [4.78, 5) is 12.2. The summed E-state index contributed by atoms with van der Waals surface area (Å²) in [5.74, 6) is 0.246. The first kappa shape index (κ1) is 23.6. The van der Waals surface area contributed by atoms with Gasteiger partial charge in [0, 0.05) is 12.2 Å². The van der Waals surface area contributed by atoms with Gasteiger partial charge >= 0.3 is 0 Å². The normalized spacial score (nSPS) is 10.6. The van der Waals surface area contributed by atoms with Crippen molar-refractivity contribution in [3.8, 4) is 11.5 Å². The molecule has 1 amide bonds. The van der Waals surface area contributed by atoms with Gasteiger partial charge in [0.25, 0.3) is 5.91 Å². The SMILES string of the molecule is COc1cc(CNCCc2ccc(F)cc2)cc(Cl)c1OCC(=O)Nc1ccc(C)cc1. The molecular weight excluding hydrogens is 431 g/mol. The molecule has 3 aromatic carbocycles. The lowest BCUT2D eigenvalue weighted by Gasteiger charge is -2.15. The number of benzene rings is 3. The van der Waals surface area contributed by atoms with Gasteiger partial charge in [-0.1, -0.05) is 41.4 Å². The van der Waals surface area contributed by atoms with Crippen molar-refractivity contribution in [2.45, 2.75) is 19.9 Å². The first-order valence-corrected chi connectivity index (χ1v) is 10.6. The number of carbonyl (C=O) groups is 1. The number of rotatable bonds is 10. The number of nitrogens with one attached hydrogen (secondary N) is 2. The van der Waals surface area contributed by atoms with Crippen LogP contribution in [0, 0.1) is 12.7 Å². The number of halogens is 2. The standard InChI is InChI=1S/C25H26ClFN2O3/c1-17-3-9-21(10-4-17)29-24(30)16-32-25-22(26)13-19(14-23(25)31-2)15-28-12-11-18-5-7-20(27)8-6-18/h3-10,13-14,28H,11-12,15-16H2,1-2H3,(H,29,30). The smallest absolute Gasteiger partial charge is 0.262 e. The average Bonchev–Trinajstić information content (AvgIpc) is 2.78. The highest BCUT2D eigenvalue weighted by molar-refractivity contribution is 6.32.